The van der Waals surface area contributed by atoms with Crippen molar-refractivity contribution in [2.24, 2.45) is 0 Å². The van der Waals surface area contributed by atoms with Gasteiger partial charge in [0.1, 0.15) is 24.2 Å². The van der Waals surface area contributed by atoms with Crippen LogP contribution in [0.25, 0.3) is 0 Å². The Balaban J connectivity index is 4.54. The van der Waals surface area contributed by atoms with E-state index >= 15 is 0 Å². The number of hydrogen-bond acceptors (Lipinski definition) is 6. The van der Waals surface area contributed by atoms with Gasteiger partial charge in [0.25, 0.3) is 0 Å². The number of ether oxygens (including phenoxy) is 1. The number of carbonyl (C=O) groups is 5. The van der Waals surface area contributed by atoms with Crippen LogP contribution in [0.2, 0.25) is 0 Å². The largest absolute Gasteiger partial charge is 0.467 e. The van der Waals surface area contributed by atoms with E-state index in [-0.39, 0.29) is 0 Å². The minimum Gasteiger partial charge on any atom is -0.467 e. The van der Waals surface area contributed by atoms with Crippen LogP contribution in [0.1, 0.15) is 27.7 Å². The van der Waals surface area contributed by atoms with Crippen LogP contribution in [-0.4, -0.2) is 60.9 Å². The molecule has 4 amide bonds. The first kappa shape index (κ1) is 23.1. The second kappa shape index (κ2) is 10.9. The molecule has 0 radical (unpaired) electrons. The average Bonchev–Trinajstić information content (AvgIpc) is 2.59. The molecule has 0 saturated carbocycles. The van der Waals surface area contributed by atoms with Crippen molar-refractivity contribution in [2.45, 2.75) is 51.9 Å². The van der Waals surface area contributed by atoms with Crippen molar-refractivity contribution in [1.29, 1.82) is 0 Å². The predicted molar refractivity (Wildman–Crippen MR) is 92.6 cm³/mol. The molecule has 10 heteroatoms. The lowest BCUT2D eigenvalue weighted by atomic mass is 10.2. The second-order valence-corrected chi connectivity index (χ2v) is 5.65. The molecular weight excluding hydrogens is 344 g/mol. The molecule has 0 rings (SSSR count). The van der Waals surface area contributed by atoms with Gasteiger partial charge in [-0.3, -0.25) is 19.2 Å². The molecular formula is C16H26N4O6. The zero-order valence-corrected chi connectivity index (χ0v) is 15.5. The number of esters is 1. The number of methoxy groups -OCH3 is 1. The number of carbonyl (C=O) groups excluding carboxylic acids is 5. The summed E-state index contributed by atoms with van der Waals surface area (Å²) >= 11 is 0. The predicted octanol–water partition coefficient (Wildman–Crippen LogP) is -1.64. The molecule has 26 heavy (non-hydrogen) atoms. The van der Waals surface area contributed by atoms with Gasteiger partial charge in [0.05, 0.1) is 7.11 Å². The quantitative estimate of drug-likeness (QED) is 0.283. The first-order valence-corrected chi connectivity index (χ1v) is 7.95. The van der Waals surface area contributed by atoms with Gasteiger partial charge in [0.2, 0.25) is 23.6 Å². The number of hydrogen-bond donors (Lipinski definition) is 4. The summed E-state index contributed by atoms with van der Waals surface area (Å²) in [6.45, 7) is 9.02. The molecule has 0 aromatic rings. The van der Waals surface area contributed by atoms with Gasteiger partial charge in [-0.15, -0.1) is 0 Å². The Kier molecular flexibility index (Phi) is 9.64. The third kappa shape index (κ3) is 7.77. The Morgan fingerprint density at radius 1 is 0.731 bits per heavy atom. The molecule has 0 aliphatic rings. The summed E-state index contributed by atoms with van der Waals surface area (Å²) in [5.41, 5.74) is 0. The molecule has 0 heterocycles. The summed E-state index contributed by atoms with van der Waals surface area (Å²) < 4.78 is 4.49. The molecule has 4 atom stereocenters. The molecule has 0 aliphatic carbocycles. The number of amides is 4. The molecule has 0 saturated heterocycles. The average molecular weight is 370 g/mol. The lowest BCUT2D eigenvalue weighted by Crippen LogP contribution is -2.55. The van der Waals surface area contributed by atoms with Crippen LogP contribution in [-0.2, 0) is 28.7 Å². The first-order chi connectivity index (χ1) is 12.0. The van der Waals surface area contributed by atoms with Crippen molar-refractivity contribution in [3.8, 4) is 0 Å². The molecule has 4 N–H and O–H groups in total. The third-order valence-corrected chi connectivity index (χ3v) is 3.36. The topological polar surface area (TPSA) is 143 Å². The van der Waals surface area contributed by atoms with Gasteiger partial charge in [0, 0.05) is 0 Å². The summed E-state index contributed by atoms with van der Waals surface area (Å²) in [6, 6.07) is -3.61. The molecule has 0 aromatic heterocycles. The van der Waals surface area contributed by atoms with Crippen LogP contribution in [0, 0.1) is 0 Å². The van der Waals surface area contributed by atoms with Gasteiger partial charge in [-0.05, 0) is 33.8 Å². The molecule has 0 bridgehead atoms. The van der Waals surface area contributed by atoms with Gasteiger partial charge < -0.3 is 26.0 Å². The maximum absolute atomic E-state index is 12.1. The van der Waals surface area contributed by atoms with Crippen LogP contribution in [0.4, 0.5) is 0 Å². The number of rotatable bonds is 9. The van der Waals surface area contributed by atoms with Crippen molar-refractivity contribution >= 4 is 29.6 Å². The monoisotopic (exact) mass is 370 g/mol. The zero-order chi connectivity index (χ0) is 20.4. The highest BCUT2D eigenvalue weighted by molar-refractivity contribution is 5.95. The minimum absolute atomic E-state index is 0.519. The van der Waals surface area contributed by atoms with Crippen molar-refractivity contribution < 1.29 is 28.7 Å². The summed E-state index contributed by atoms with van der Waals surface area (Å²) in [6.07, 6.45) is 1.02. The van der Waals surface area contributed by atoms with Gasteiger partial charge in [-0.1, -0.05) is 6.58 Å². The van der Waals surface area contributed by atoms with Gasteiger partial charge in [-0.2, -0.15) is 0 Å². The van der Waals surface area contributed by atoms with Gasteiger partial charge in [-0.25, -0.2) is 4.79 Å². The van der Waals surface area contributed by atoms with E-state index in [9.17, 15) is 24.0 Å². The maximum atomic E-state index is 12.1. The standard InChI is InChI=1S/C16H26N4O6/c1-7-12(21)17-8(2)13(22)18-9(3)14(23)19-10(4)15(24)20-11(5)16(25)26-6/h7-11H,1H2,2-6H3,(H,17,21)(H,18,22)(H,19,23)(H,20,24)/t8-,9-,10-,11-/m0/s1. The first-order valence-electron chi connectivity index (χ1n) is 7.95. The van der Waals surface area contributed by atoms with E-state index in [1.807, 2.05) is 0 Å². The van der Waals surface area contributed by atoms with Gasteiger partial charge in [0.15, 0.2) is 0 Å². The van der Waals surface area contributed by atoms with Crippen LogP contribution >= 0.6 is 0 Å². The Morgan fingerprint density at radius 2 is 1.08 bits per heavy atom. The molecule has 0 aliphatic heterocycles. The molecule has 10 nitrogen and oxygen atoms in total. The lowest BCUT2D eigenvalue weighted by Gasteiger charge is -2.21. The Bertz CT molecular complexity index is 577. The van der Waals surface area contributed by atoms with Gasteiger partial charge >= 0.3 is 5.97 Å². The van der Waals surface area contributed by atoms with E-state index in [1.165, 1.54) is 34.8 Å². The normalized spacial score (nSPS) is 14.7. The smallest absolute Gasteiger partial charge is 0.328 e. The summed E-state index contributed by atoms with van der Waals surface area (Å²) in [7, 11) is 1.19. The molecule has 0 spiro atoms. The fraction of sp³-hybridized carbons (Fsp3) is 0.562. The Morgan fingerprint density at radius 3 is 1.42 bits per heavy atom. The maximum Gasteiger partial charge on any atom is 0.328 e. The summed E-state index contributed by atoms with van der Waals surface area (Å²) in [5, 5.41) is 9.58. The van der Waals surface area contributed by atoms with E-state index in [0.717, 1.165) is 6.08 Å². The highest BCUT2D eigenvalue weighted by atomic mass is 16.5. The van der Waals surface area contributed by atoms with E-state index in [1.54, 1.807) is 0 Å². The van der Waals surface area contributed by atoms with E-state index in [4.69, 9.17) is 0 Å². The minimum atomic E-state index is -0.945. The van der Waals surface area contributed by atoms with Crippen molar-refractivity contribution in [1.82, 2.24) is 21.3 Å². The van der Waals surface area contributed by atoms with Crippen LogP contribution < -0.4 is 21.3 Å². The van der Waals surface area contributed by atoms with E-state index in [0.29, 0.717) is 0 Å². The molecule has 0 aromatic carbocycles. The lowest BCUT2D eigenvalue weighted by molar-refractivity contribution is -0.144. The summed E-state index contributed by atoms with van der Waals surface area (Å²) in [4.78, 5) is 58.4. The highest BCUT2D eigenvalue weighted by Crippen LogP contribution is 1.93. The highest BCUT2D eigenvalue weighted by Gasteiger charge is 2.25. The van der Waals surface area contributed by atoms with Crippen LogP contribution in [0.3, 0.4) is 0 Å². The van der Waals surface area contributed by atoms with Crippen molar-refractivity contribution in [3.63, 3.8) is 0 Å². The number of nitrogens with one attached hydrogen (secondary N) is 4. The van der Waals surface area contributed by atoms with Crippen molar-refractivity contribution in [3.05, 3.63) is 12.7 Å². The SMILES string of the molecule is C=CC(=O)N[C@@H](C)C(=O)N[C@@H](C)C(=O)N[C@@H](C)C(=O)N[C@@H](C)C(=O)OC. The second-order valence-electron chi connectivity index (χ2n) is 5.65. The Hall–Kier alpha value is -2.91. The van der Waals surface area contributed by atoms with Crippen LogP contribution in [0.5, 0.6) is 0 Å². The zero-order valence-electron chi connectivity index (χ0n) is 15.5. The molecule has 0 unspecified atom stereocenters. The molecule has 146 valence electrons. The van der Waals surface area contributed by atoms with E-state index < -0.39 is 53.8 Å². The van der Waals surface area contributed by atoms with E-state index in [2.05, 4.69) is 32.6 Å². The fourth-order valence-corrected chi connectivity index (χ4v) is 1.72. The van der Waals surface area contributed by atoms with Crippen LogP contribution in [0.15, 0.2) is 12.7 Å². The molecule has 0 fully saturated rings. The summed E-state index contributed by atoms with van der Waals surface area (Å²) in [5.74, 6) is -2.89. The fourth-order valence-electron chi connectivity index (χ4n) is 1.72. The van der Waals surface area contributed by atoms with Crippen molar-refractivity contribution in [2.75, 3.05) is 7.11 Å². The third-order valence-electron chi connectivity index (χ3n) is 3.36. The Labute approximate surface area is 152 Å².